The average Bonchev–Trinajstić information content (AvgIpc) is 2.46. The number of para-hydroxylation sites is 1. The van der Waals surface area contributed by atoms with Crippen LogP contribution in [0.3, 0.4) is 0 Å². The van der Waals surface area contributed by atoms with Gasteiger partial charge in [0.1, 0.15) is 18.2 Å². The molecule has 5 heteroatoms. The number of rotatable bonds is 4. The van der Waals surface area contributed by atoms with Crippen LogP contribution in [0.5, 0.6) is 5.75 Å². The summed E-state index contributed by atoms with van der Waals surface area (Å²) in [7, 11) is 0. The van der Waals surface area contributed by atoms with Gasteiger partial charge in [0.2, 0.25) is 0 Å². The molecule has 0 aliphatic carbocycles. The van der Waals surface area contributed by atoms with Crippen molar-refractivity contribution >= 4 is 11.6 Å². The van der Waals surface area contributed by atoms with E-state index in [-0.39, 0.29) is 13.2 Å². The Balaban J connectivity index is 2.26. The number of halogens is 2. The van der Waals surface area contributed by atoms with Gasteiger partial charge in [-0.1, -0.05) is 23.7 Å². The zero-order chi connectivity index (χ0) is 14.5. The molecule has 0 spiro atoms. The third kappa shape index (κ3) is 3.08. The average molecular weight is 292 g/mol. The molecule has 0 radical (unpaired) electrons. The van der Waals surface area contributed by atoms with Crippen LogP contribution in [0.25, 0.3) is 0 Å². The lowest BCUT2D eigenvalue weighted by Gasteiger charge is -2.12. The Morgan fingerprint density at radius 3 is 2.75 bits per heavy atom. The Labute approximate surface area is 120 Å². The molecular weight excluding hydrogens is 281 g/mol. The van der Waals surface area contributed by atoms with E-state index in [1.165, 1.54) is 18.2 Å². The highest BCUT2D eigenvalue weighted by Gasteiger charge is 2.10. The third-order valence-corrected chi connectivity index (χ3v) is 3.08. The summed E-state index contributed by atoms with van der Waals surface area (Å²) in [5.41, 5.74) is 1.30. The fourth-order valence-corrected chi connectivity index (χ4v) is 2.03. The molecule has 2 rings (SSSR count). The summed E-state index contributed by atoms with van der Waals surface area (Å²) >= 11 is 6.00. The zero-order valence-electron chi connectivity index (χ0n) is 10.4. The van der Waals surface area contributed by atoms with Crippen molar-refractivity contribution < 1.29 is 14.2 Å². The minimum absolute atomic E-state index is 0.00259. The number of aliphatic hydroxyl groups excluding tert-OH is 1. The summed E-state index contributed by atoms with van der Waals surface area (Å²) in [5.74, 6) is -0.103. The molecule has 0 aliphatic rings. The molecule has 0 amide bonds. The van der Waals surface area contributed by atoms with Crippen molar-refractivity contribution in [1.29, 1.82) is 5.26 Å². The van der Waals surface area contributed by atoms with Gasteiger partial charge in [0, 0.05) is 11.1 Å². The van der Waals surface area contributed by atoms with Crippen LogP contribution in [-0.2, 0) is 13.2 Å². The lowest BCUT2D eigenvalue weighted by molar-refractivity contribution is 0.259. The van der Waals surface area contributed by atoms with Crippen molar-refractivity contribution in [1.82, 2.24) is 0 Å². The number of nitriles is 1. The lowest BCUT2D eigenvalue weighted by atomic mass is 10.1. The van der Waals surface area contributed by atoms with Crippen LogP contribution in [0, 0.1) is 17.1 Å². The molecule has 102 valence electrons. The minimum atomic E-state index is -0.441. The Bertz CT molecular complexity index is 667. The summed E-state index contributed by atoms with van der Waals surface area (Å²) in [6.45, 7) is -0.221. The molecule has 0 aromatic heterocycles. The molecule has 3 nitrogen and oxygen atoms in total. The van der Waals surface area contributed by atoms with Crippen LogP contribution in [-0.4, -0.2) is 5.11 Å². The molecule has 1 N–H and O–H groups in total. The van der Waals surface area contributed by atoms with E-state index in [2.05, 4.69) is 0 Å². The summed E-state index contributed by atoms with van der Waals surface area (Å²) in [6.07, 6.45) is 0. The molecule has 2 aromatic rings. The highest BCUT2D eigenvalue weighted by molar-refractivity contribution is 6.32. The zero-order valence-corrected chi connectivity index (χ0v) is 11.2. The van der Waals surface area contributed by atoms with E-state index < -0.39 is 5.82 Å². The summed E-state index contributed by atoms with van der Waals surface area (Å²) in [5, 5.41) is 18.6. The van der Waals surface area contributed by atoms with Gasteiger partial charge in [-0.25, -0.2) is 4.39 Å². The topological polar surface area (TPSA) is 53.2 Å². The van der Waals surface area contributed by atoms with Crippen molar-refractivity contribution in [2.45, 2.75) is 13.2 Å². The second-order valence-corrected chi connectivity index (χ2v) is 4.50. The number of benzene rings is 2. The summed E-state index contributed by atoms with van der Waals surface area (Å²) < 4.78 is 18.7. The van der Waals surface area contributed by atoms with Crippen LogP contribution in [0.2, 0.25) is 5.02 Å². The van der Waals surface area contributed by atoms with E-state index in [1.54, 1.807) is 18.2 Å². The van der Waals surface area contributed by atoms with E-state index in [9.17, 15) is 9.50 Å². The quantitative estimate of drug-likeness (QED) is 0.939. The van der Waals surface area contributed by atoms with E-state index in [0.29, 0.717) is 27.5 Å². The number of aliphatic hydroxyl groups is 1. The highest BCUT2D eigenvalue weighted by Crippen LogP contribution is 2.29. The number of hydrogen-bond acceptors (Lipinski definition) is 3. The second-order valence-electron chi connectivity index (χ2n) is 4.09. The molecule has 0 unspecified atom stereocenters. The third-order valence-electron chi connectivity index (χ3n) is 2.78. The molecule has 0 aliphatic heterocycles. The molecule has 0 heterocycles. The highest BCUT2D eigenvalue weighted by atomic mass is 35.5. The van der Waals surface area contributed by atoms with Crippen LogP contribution in [0.15, 0.2) is 36.4 Å². The van der Waals surface area contributed by atoms with Gasteiger partial charge < -0.3 is 9.84 Å². The Morgan fingerprint density at radius 2 is 2.05 bits per heavy atom. The molecular formula is C15H11ClFNO2. The first-order valence-electron chi connectivity index (χ1n) is 5.85. The van der Waals surface area contributed by atoms with Crippen LogP contribution in [0.1, 0.15) is 16.7 Å². The number of ether oxygens (including phenoxy) is 1. The van der Waals surface area contributed by atoms with Gasteiger partial charge >= 0.3 is 0 Å². The predicted molar refractivity (Wildman–Crippen MR) is 72.8 cm³/mol. The summed E-state index contributed by atoms with van der Waals surface area (Å²) in [4.78, 5) is 0. The number of hydrogen-bond donors (Lipinski definition) is 1. The summed E-state index contributed by atoms with van der Waals surface area (Å²) in [6, 6.07) is 10.8. The predicted octanol–water partition coefficient (Wildman–Crippen LogP) is 3.42. The maximum Gasteiger partial charge on any atom is 0.143 e. The molecule has 20 heavy (non-hydrogen) atoms. The van der Waals surface area contributed by atoms with E-state index in [1.807, 2.05) is 6.07 Å². The molecule has 0 saturated heterocycles. The monoisotopic (exact) mass is 291 g/mol. The van der Waals surface area contributed by atoms with Crippen LogP contribution >= 0.6 is 11.6 Å². The smallest absolute Gasteiger partial charge is 0.143 e. The van der Waals surface area contributed by atoms with Gasteiger partial charge in [-0.15, -0.1) is 0 Å². The van der Waals surface area contributed by atoms with Gasteiger partial charge in [-0.3, -0.25) is 0 Å². The Hall–Kier alpha value is -2.09. The van der Waals surface area contributed by atoms with Crippen LogP contribution < -0.4 is 4.74 Å². The normalized spacial score (nSPS) is 10.1. The minimum Gasteiger partial charge on any atom is -0.487 e. The van der Waals surface area contributed by atoms with Gasteiger partial charge in [0.25, 0.3) is 0 Å². The van der Waals surface area contributed by atoms with E-state index in [4.69, 9.17) is 21.6 Å². The first-order chi connectivity index (χ1) is 9.65. The molecule has 0 fully saturated rings. The van der Waals surface area contributed by atoms with Crippen molar-refractivity contribution in [2.75, 3.05) is 0 Å². The first-order valence-corrected chi connectivity index (χ1v) is 6.23. The van der Waals surface area contributed by atoms with Crippen molar-refractivity contribution in [3.63, 3.8) is 0 Å². The number of nitrogens with zero attached hydrogens (tertiary/aromatic N) is 1. The second kappa shape index (κ2) is 6.38. The fourth-order valence-electron chi connectivity index (χ4n) is 1.78. The molecule has 0 bridgehead atoms. The molecule has 0 saturated carbocycles. The SMILES string of the molecule is N#Cc1ccc(F)cc1COc1c(Cl)cccc1CO. The van der Waals surface area contributed by atoms with E-state index in [0.717, 1.165) is 0 Å². The van der Waals surface area contributed by atoms with E-state index >= 15 is 0 Å². The van der Waals surface area contributed by atoms with Gasteiger partial charge in [0.05, 0.1) is 23.3 Å². The van der Waals surface area contributed by atoms with Crippen molar-refractivity contribution in [3.05, 3.63) is 63.9 Å². The maximum atomic E-state index is 13.2. The van der Waals surface area contributed by atoms with Gasteiger partial charge in [0.15, 0.2) is 0 Å². The van der Waals surface area contributed by atoms with Gasteiger partial charge in [-0.2, -0.15) is 5.26 Å². The molecule has 0 atom stereocenters. The fraction of sp³-hybridized carbons (Fsp3) is 0.133. The lowest BCUT2D eigenvalue weighted by Crippen LogP contribution is -2.02. The van der Waals surface area contributed by atoms with Gasteiger partial charge in [-0.05, 0) is 24.3 Å². The standard InChI is InChI=1S/C15H11ClFNO2/c16-14-3-1-2-11(8-19)15(14)20-9-12-6-13(17)5-4-10(12)7-18/h1-6,19H,8-9H2. The Kier molecular flexibility index (Phi) is 4.57. The van der Waals surface area contributed by atoms with Crippen molar-refractivity contribution in [2.24, 2.45) is 0 Å². The Morgan fingerprint density at radius 1 is 1.25 bits per heavy atom. The molecule has 2 aromatic carbocycles. The largest absolute Gasteiger partial charge is 0.487 e. The first kappa shape index (κ1) is 14.3. The van der Waals surface area contributed by atoms with Crippen molar-refractivity contribution in [3.8, 4) is 11.8 Å². The van der Waals surface area contributed by atoms with Crippen LogP contribution in [0.4, 0.5) is 4.39 Å². The maximum absolute atomic E-state index is 13.2.